The number of aromatic nitrogens is 5. The molecule has 8 heteroatoms. The van der Waals surface area contributed by atoms with Crippen LogP contribution in [0.1, 0.15) is 30.9 Å². The Kier molecular flexibility index (Phi) is 5.21. The van der Waals surface area contributed by atoms with E-state index in [-0.39, 0.29) is 5.60 Å². The molecule has 35 heavy (non-hydrogen) atoms. The van der Waals surface area contributed by atoms with Gasteiger partial charge in [0.15, 0.2) is 11.2 Å². The molecule has 2 fully saturated rings. The van der Waals surface area contributed by atoms with Crippen molar-refractivity contribution in [3.05, 3.63) is 60.0 Å². The predicted octanol–water partition coefficient (Wildman–Crippen LogP) is 3.93. The van der Waals surface area contributed by atoms with Crippen LogP contribution < -0.4 is 9.64 Å². The molecule has 4 aromatic rings. The number of hydrogen-bond acceptors (Lipinski definition) is 7. The van der Waals surface area contributed by atoms with Crippen molar-refractivity contribution in [3.63, 3.8) is 0 Å². The summed E-state index contributed by atoms with van der Waals surface area (Å²) in [5.74, 6) is 2.41. The molecular formula is C27H31N7O. The van der Waals surface area contributed by atoms with Crippen LogP contribution in [-0.4, -0.2) is 68.2 Å². The molecule has 0 bridgehead atoms. The van der Waals surface area contributed by atoms with Crippen molar-refractivity contribution in [2.75, 3.05) is 32.1 Å². The highest BCUT2D eigenvalue weighted by atomic mass is 16.5. The Morgan fingerprint density at radius 3 is 2.54 bits per heavy atom. The van der Waals surface area contributed by atoms with E-state index in [9.17, 15) is 0 Å². The van der Waals surface area contributed by atoms with E-state index < -0.39 is 0 Å². The molecule has 0 N–H and O–H groups in total. The summed E-state index contributed by atoms with van der Waals surface area (Å²) in [7, 11) is 4.26. The van der Waals surface area contributed by atoms with Gasteiger partial charge in [0.25, 0.3) is 0 Å². The lowest BCUT2D eigenvalue weighted by atomic mass is 10.1. The molecule has 4 heterocycles. The molecule has 0 atom stereocenters. The van der Waals surface area contributed by atoms with Crippen molar-refractivity contribution in [2.45, 2.75) is 44.9 Å². The first-order chi connectivity index (χ1) is 16.9. The Morgan fingerprint density at radius 2 is 1.86 bits per heavy atom. The van der Waals surface area contributed by atoms with E-state index in [1.54, 1.807) is 6.33 Å². The van der Waals surface area contributed by atoms with Crippen LogP contribution in [0.25, 0.3) is 22.6 Å². The SMILES string of the molecule is Cc1cc(N2CC(N(C)C)C2)ncc1-c1nc2c(OC3(C)CC3)ncnc2n1Cc1ccccc1. The quantitative estimate of drug-likeness (QED) is 0.406. The van der Waals surface area contributed by atoms with Gasteiger partial charge in [-0.05, 0) is 58.0 Å². The fraction of sp³-hybridized carbons (Fsp3) is 0.407. The van der Waals surface area contributed by atoms with Crippen molar-refractivity contribution in [3.8, 4) is 17.3 Å². The Hall–Kier alpha value is -3.52. The highest BCUT2D eigenvalue weighted by Crippen LogP contribution is 2.41. The predicted molar refractivity (Wildman–Crippen MR) is 137 cm³/mol. The van der Waals surface area contributed by atoms with Gasteiger partial charge in [-0.15, -0.1) is 0 Å². The van der Waals surface area contributed by atoms with Crippen LogP contribution in [0.2, 0.25) is 0 Å². The highest BCUT2D eigenvalue weighted by Gasteiger charge is 2.41. The second kappa shape index (κ2) is 8.30. The number of rotatable bonds is 7. The number of anilines is 1. The molecule has 0 spiro atoms. The van der Waals surface area contributed by atoms with E-state index in [0.29, 0.717) is 24.0 Å². The van der Waals surface area contributed by atoms with Crippen LogP contribution in [0.3, 0.4) is 0 Å². The van der Waals surface area contributed by atoms with Crippen LogP contribution in [0.15, 0.2) is 48.9 Å². The molecule has 0 amide bonds. The lowest BCUT2D eigenvalue weighted by Crippen LogP contribution is -2.57. The second-order valence-corrected chi connectivity index (χ2v) is 10.3. The summed E-state index contributed by atoms with van der Waals surface area (Å²) in [5.41, 5.74) is 4.64. The number of pyridine rings is 1. The smallest absolute Gasteiger partial charge is 0.245 e. The summed E-state index contributed by atoms with van der Waals surface area (Å²) < 4.78 is 8.42. The maximum Gasteiger partial charge on any atom is 0.245 e. The molecule has 1 aliphatic heterocycles. The molecule has 1 aliphatic carbocycles. The van der Waals surface area contributed by atoms with Gasteiger partial charge in [-0.25, -0.2) is 15.0 Å². The van der Waals surface area contributed by atoms with Crippen molar-refractivity contribution in [2.24, 2.45) is 0 Å². The number of fused-ring (bicyclic) bond motifs is 1. The van der Waals surface area contributed by atoms with Gasteiger partial charge in [0.05, 0.1) is 6.54 Å². The number of imidazole rings is 1. The van der Waals surface area contributed by atoms with E-state index in [1.165, 1.54) is 5.56 Å². The topological polar surface area (TPSA) is 72.2 Å². The lowest BCUT2D eigenvalue weighted by molar-refractivity contribution is 0.194. The molecule has 8 nitrogen and oxygen atoms in total. The summed E-state index contributed by atoms with van der Waals surface area (Å²) in [6, 6.07) is 13.1. The highest BCUT2D eigenvalue weighted by molar-refractivity contribution is 5.82. The molecule has 1 aromatic carbocycles. The fourth-order valence-electron chi connectivity index (χ4n) is 4.54. The largest absolute Gasteiger partial charge is 0.470 e. The molecule has 2 aliphatic rings. The first-order valence-corrected chi connectivity index (χ1v) is 12.2. The maximum absolute atomic E-state index is 6.26. The van der Waals surface area contributed by atoms with Gasteiger partial charge in [-0.2, -0.15) is 4.98 Å². The third-order valence-corrected chi connectivity index (χ3v) is 7.23. The minimum absolute atomic E-state index is 0.147. The van der Waals surface area contributed by atoms with E-state index in [2.05, 4.69) is 82.6 Å². The van der Waals surface area contributed by atoms with Crippen LogP contribution in [0.5, 0.6) is 5.88 Å². The molecule has 0 unspecified atom stereocenters. The number of likely N-dealkylation sites (N-methyl/N-ethyl adjacent to an activating group) is 1. The molecule has 0 radical (unpaired) electrons. The van der Waals surface area contributed by atoms with Crippen molar-refractivity contribution < 1.29 is 4.74 Å². The molecule has 180 valence electrons. The number of aryl methyl sites for hydroxylation is 1. The van der Waals surface area contributed by atoms with Gasteiger partial charge in [-0.1, -0.05) is 30.3 Å². The lowest BCUT2D eigenvalue weighted by Gasteiger charge is -2.43. The van der Waals surface area contributed by atoms with Crippen LogP contribution in [-0.2, 0) is 6.54 Å². The maximum atomic E-state index is 6.26. The molecular weight excluding hydrogens is 438 g/mol. The third kappa shape index (κ3) is 4.12. The van der Waals surface area contributed by atoms with Gasteiger partial charge >= 0.3 is 0 Å². The minimum Gasteiger partial charge on any atom is -0.470 e. The normalized spacial score (nSPS) is 17.1. The second-order valence-electron chi connectivity index (χ2n) is 10.3. The zero-order valence-electron chi connectivity index (χ0n) is 20.8. The molecule has 6 rings (SSSR count). The first kappa shape index (κ1) is 22.0. The molecule has 3 aromatic heterocycles. The summed E-state index contributed by atoms with van der Waals surface area (Å²) in [6.07, 6.45) is 5.60. The molecule has 1 saturated heterocycles. The number of benzene rings is 1. The fourth-order valence-corrected chi connectivity index (χ4v) is 4.54. The van der Waals surface area contributed by atoms with Gasteiger partial charge in [0.1, 0.15) is 23.6 Å². The Bertz CT molecular complexity index is 1370. The van der Waals surface area contributed by atoms with Crippen LogP contribution in [0, 0.1) is 6.92 Å². The summed E-state index contributed by atoms with van der Waals surface area (Å²) >= 11 is 0. The summed E-state index contributed by atoms with van der Waals surface area (Å²) in [5, 5.41) is 0. The average molecular weight is 470 g/mol. The van der Waals surface area contributed by atoms with Crippen molar-refractivity contribution in [1.29, 1.82) is 0 Å². The Balaban J connectivity index is 1.41. The van der Waals surface area contributed by atoms with Crippen LogP contribution in [0.4, 0.5) is 5.82 Å². The van der Waals surface area contributed by atoms with Gasteiger partial charge < -0.3 is 19.1 Å². The third-order valence-electron chi connectivity index (χ3n) is 7.23. The van der Waals surface area contributed by atoms with Gasteiger partial charge in [-0.3, -0.25) is 0 Å². The van der Waals surface area contributed by atoms with E-state index in [4.69, 9.17) is 14.7 Å². The van der Waals surface area contributed by atoms with E-state index in [1.807, 2.05) is 12.3 Å². The number of nitrogens with zero attached hydrogens (tertiary/aromatic N) is 7. The first-order valence-electron chi connectivity index (χ1n) is 12.2. The van der Waals surface area contributed by atoms with Crippen LogP contribution >= 0.6 is 0 Å². The Morgan fingerprint density at radius 1 is 1.09 bits per heavy atom. The average Bonchev–Trinajstić information content (AvgIpc) is 3.42. The number of hydrogen-bond donors (Lipinski definition) is 0. The van der Waals surface area contributed by atoms with Gasteiger partial charge in [0.2, 0.25) is 5.88 Å². The van der Waals surface area contributed by atoms with Gasteiger partial charge in [0, 0.05) is 30.9 Å². The molecule has 1 saturated carbocycles. The summed E-state index contributed by atoms with van der Waals surface area (Å²) in [4.78, 5) is 23.6. The van der Waals surface area contributed by atoms with Crippen molar-refractivity contribution >= 4 is 17.0 Å². The summed E-state index contributed by atoms with van der Waals surface area (Å²) in [6.45, 7) is 6.90. The monoisotopic (exact) mass is 469 g/mol. The minimum atomic E-state index is -0.147. The van der Waals surface area contributed by atoms with E-state index >= 15 is 0 Å². The zero-order valence-corrected chi connectivity index (χ0v) is 20.8. The Labute approximate surface area is 205 Å². The zero-order chi connectivity index (χ0) is 24.2. The number of ether oxygens (including phenoxy) is 1. The van der Waals surface area contributed by atoms with E-state index in [0.717, 1.165) is 54.3 Å². The van der Waals surface area contributed by atoms with Crippen molar-refractivity contribution in [1.82, 2.24) is 29.4 Å². The standard InChI is InChI=1S/C27H31N7O/c1-18-12-22(33-15-20(16-33)32(3)4)28-13-21(18)24-31-23-25(34(24)14-19-8-6-5-7-9-19)29-17-30-26(23)35-27(2)10-11-27/h5-9,12-13,17,20H,10-11,14-16H2,1-4H3.